The molecule has 0 bridgehead atoms. The zero-order valence-electron chi connectivity index (χ0n) is 33.0. The summed E-state index contributed by atoms with van der Waals surface area (Å²) in [7, 11) is 0. The van der Waals surface area contributed by atoms with Gasteiger partial charge in [-0.1, -0.05) is 54.6 Å². The fraction of sp³-hybridized carbons (Fsp3) is 0.0444. The number of ether oxygens (including phenoxy) is 3. The summed E-state index contributed by atoms with van der Waals surface area (Å²) in [4.78, 5) is 75.9. The fourth-order valence-electron chi connectivity index (χ4n) is 4.95. The van der Waals surface area contributed by atoms with Gasteiger partial charge in [0, 0.05) is 18.6 Å². The third kappa shape index (κ3) is 14.9. The molecular weight excluding hydrogens is 848 g/mol. The van der Waals surface area contributed by atoms with Gasteiger partial charge in [-0.05, 0) is 78.4 Å². The van der Waals surface area contributed by atoms with Gasteiger partial charge in [-0.25, -0.2) is 32.8 Å². The number of carboxylic acids is 4. The maximum Gasteiger partial charge on any atom is 0.347 e. The molecule has 0 spiro atoms. The number of carboxylic acid groups (broad SMARTS) is 4. The number of aliphatic carboxylic acids is 1. The van der Waals surface area contributed by atoms with Crippen LogP contribution in [0.5, 0.6) is 28.7 Å². The number of primary amides is 1. The first kappa shape index (κ1) is 49.2. The number of nitrogens with two attached hydrogens (primary N) is 1. The van der Waals surface area contributed by atoms with E-state index in [0.717, 1.165) is 18.2 Å². The topological polar surface area (TPSA) is 295 Å². The highest BCUT2D eigenvalue weighted by molar-refractivity contribution is 5.97. The lowest BCUT2D eigenvalue weighted by Crippen LogP contribution is -2.15. The van der Waals surface area contributed by atoms with Crippen LogP contribution in [0.25, 0.3) is 11.1 Å². The Hall–Kier alpha value is -9.13. The minimum Gasteiger partial charge on any atom is -0.507 e. The van der Waals surface area contributed by atoms with Crippen LogP contribution in [-0.4, -0.2) is 79.0 Å². The predicted molar refractivity (Wildman–Crippen MR) is 220 cm³/mol. The van der Waals surface area contributed by atoms with Gasteiger partial charge in [0.15, 0.2) is 6.61 Å². The summed E-state index contributed by atoms with van der Waals surface area (Å²) in [6.45, 7) is 0.725. The second-order valence-corrected chi connectivity index (χ2v) is 12.3. The summed E-state index contributed by atoms with van der Waals surface area (Å²) in [6.07, 6.45) is 0. The van der Waals surface area contributed by atoms with Crippen LogP contribution in [0.2, 0.25) is 0 Å². The number of para-hydroxylation sites is 4. The van der Waals surface area contributed by atoms with Crippen molar-refractivity contribution < 1.29 is 87.2 Å². The van der Waals surface area contributed by atoms with Crippen molar-refractivity contribution in [3.05, 3.63) is 173 Å². The summed E-state index contributed by atoms with van der Waals surface area (Å²) in [5, 5.41) is 53.7. The van der Waals surface area contributed by atoms with E-state index in [1.807, 2.05) is 0 Å². The number of aromatic carboxylic acids is 3. The van der Waals surface area contributed by atoms with E-state index >= 15 is 0 Å². The van der Waals surface area contributed by atoms with E-state index in [9.17, 15) is 52.6 Å². The Balaban J connectivity index is 0.000000230. The number of hydrogen-bond acceptors (Lipinski definition) is 12. The number of hydrogen-bond donors (Lipinski definition) is 7. The molecule has 0 aliphatic carbocycles. The number of halogens is 2. The molecule has 0 saturated heterocycles. The molecule has 6 aromatic rings. The molecule has 6 rings (SSSR count). The van der Waals surface area contributed by atoms with Crippen molar-refractivity contribution >= 4 is 41.7 Å². The maximum atomic E-state index is 13.5. The van der Waals surface area contributed by atoms with Crippen molar-refractivity contribution in [2.24, 2.45) is 5.73 Å². The second-order valence-electron chi connectivity index (χ2n) is 12.3. The summed E-state index contributed by atoms with van der Waals surface area (Å²) < 4.78 is 40.8. The molecule has 0 heterocycles. The molecule has 0 aromatic heterocycles. The average Bonchev–Trinajstić information content (AvgIpc) is 3.24. The monoisotopic (exact) mass is 883 g/mol. The van der Waals surface area contributed by atoms with Crippen LogP contribution in [0.3, 0.4) is 0 Å². The number of aromatic hydroxyl groups is 2. The maximum absolute atomic E-state index is 13.5. The van der Waals surface area contributed by atoms with Gasteiger partial charge in [0.25, 0.3) is 5.91 Å². The van der Waals surface area contributed by atoms with Crippen molar-refractivity contribution in [2.45, 2.75) is 6.92 Å². The van der Waals surface area contributed by atoms with E-state index in [1.54, 1.807) is 42.5 Å². The minimum atomic E-state index is -1.32. The molecule has 0 aliphatic heterocycles. The Kier molecular flexibility index (Phi) is 18.2. The largest absolute Gasteiger partial charge is 0.507 e. The van der Waals surface area contributed by atoms with Gasteiger partial charge < -0.3 is 50.6 Å². The lowest BCUT2D eigenvalue weighted by molar-refractivity contribution is -0.139. The van der Waals surface area contributed by atoms with Gasteiger partial charge in [0.1, 0.15) is 62.6 Å². The molecule has 0 fully saturated rings. The van der Waals surface area contributed by atoms with Crippen LogP contribution in [0.1, 0.15) is 58.7 Å². The zero-order valence-corrected chi connectivity index (χ0v) is 33.0. The molecule has 0 aliphatic rings. The zero-order chi connectivity index (χ0) is 47.5. The summed E-state index contributed by atoms with van der Waals surface area (Å²) in [5.74, 6) is -8.68. The van der Waals surface area contributed by atoms with Gasteiger partial charge in [-0.15, -0.1) is 0 Å². The van der Waals surface area contributed by atoms with E-state index in [2.05, 4.69) is 4.74 Å². The van der Waals surface area contributed by atoms with E-state index in [-0.39, 0.29) is 61.9 Å². The number of amides is 1. The van der Waals surface area contributed by atoms with Gasteiger partial charge in [-0.2, -0.15) is 0 Å². The number of carbonyl (C=O) groups excluding carboxylic acids is 3. The SMILES string of the molecule is CC(=O)Oc1ccccc1C(=O)O.NC(=O)c1ccccc1OCC(=O)O.O=C(O)c1cc(-c2ccc(F)cc2F)ccc1O.O=C(Oc1ccccc1C(=O)O)c1ccccc1O. The van der Waals surface area contributed by atoms with Crippen molar-refractivity contribution in [1.82, 2.24) is 0 Å². The third-order valence-corrected chi connectivity index (χ3v) is 7.79. The van der Waals surface area contributed by atoms with E-state index < -0.39 is 65.7 Å². The summed E-state index contributed by atoms with van der Waals surface area (Å²) in [6, 6.07) is 30.5. The van der Waals surface area contributed by atoms with Crippen molar-refractivity contribution in [3.63, 3.8) is 0 Å². The minimum absolute atomic E-state index is 0.0160. The first-order valence-electron chi connectivity index (χ1n) is 17.9. The number of benzene rings is 6. The Morgan fingerprint density at radius 2 is 1.00 bits per heavy atom. The van der Waals surface area contributed by atoms with Crippen LogP contribution in [0.15, 0.2) is 133 Å². The fourth-order valence-corrected chi connectivity index (χ4v) is 4.95. The second kappa shape index (κ2) is 23.6. The first-order chi connectivity index (χ1) is 30.3. The number of phenols is 2. The molecule has 330 valence electrons. The Morgan fingerprint density at radius 3 is 1.48 bits per heavy atom. The number of carbonyl (C=O) groups is 7. The Bertz CT molecular complexity index is 2680. The summed E-state index contributed by atoms with van der Waals surface area (Å²) >= 11 is 0. The molecule has 17 nitrogen and oxygen atoms in total. The molecule has 0 radical (unpaired) electrons. The third-order valence-electron chi connectivity index (χ3n) is 7.79. The molecule has 6 aromatic carbocycles. The van der Waals surface area contributed by atoms with Gasteiger partial charge in [0.05, 0.1) is 5.56 Å². The van der Waals surface area contributed by atoms with Gasteiger partial charge in [-0.3, -0.25) is 9.59 Å². The molecular formula is C45H35F2NO16. The molecule has 0 atom stereocenters. The van der Waals surface area contributed by atoms with Crippen LogP contribution in [0.4, 0.5) is 8.78 Å². The van der Waals surface area contributed by atoms with E-state index in [0.29, 0.717) is 6.07 Å². The average molecular weight is 884 g/mol. The lowest BCUT2D eigenvalue weighted by Gasteiger charge is -2.07. The van der Waals surface area contributed by atoms with Gasteiger partial charge >= 0.3 is 35.8 Å². The first-order valence-corrected chi connectivity index (χ1v) is 17.9. The molecule has 0 saturated carbocycles. The summed E-state index contributed by atoms with van der Waals surface area (Å²) in [5.41, 5.74) is 5.05. The van der Waals surface area contributed by atoms with Crippen molar-refractivity contribution in [1.29, 1.82) is 0 Å². The van der Waals surface area contributed by atoms with Crippen molar-refractivity contribution in [2.75, 3.05) is 6.61 Å². The van der Waals surface area contributed by atoms with Crippen LogP contribution >= 0.6 is 0 Å². The predicted octanol–water partition coefficient (Wildman–Crippen LogP) is 6.90. The van der Waals surface area contributed by atoms with Crippen LogP contribution < -0.4 is 19.9 Å². The van der Waals surface area contributed by atoms with Crippen LogP contribution in [0, 0.1) is 11.6 Å². The number of phenolic OH excluding ortho intramolecular Hbond substituents is 1. The van der Waals surface area contributed by atoms with E-state index in [4.69, 9.17) is 35.6 Å². The quantitative estimate of drug-likeness (QED) is 0.0514. The molecule has 1 amide bonds. The molecule has 64 heavy (non-hydrogen) atoms. The lowest BCUT2D eigenvalue weighted by atomic mass is 10.0. The Morgan fingerprint density at radius 1 is 0.531 bits per heavy atom. The highest BCUT2D eigenvalue weighted by Gasteiger charge is 2.18. The highest BCUT2D eigenvalue weighted by atomic mass is 19.1. The molecule has 8 N–H and O–H groups in total. The van der Waals surface area contributed by atoms with Crippen molar-refractivity contribution in [3.8, 4) is 39.9 Å². The normalized spacial score (nSPS) is 9.80. The Labute approximate surface area is 360 Å². The van der Waals surface area contributed by atoms with E-state index in [1.165, 1.54) is 73.7 Å². The van der Waals surface area contributed by atoms with Crippen LogP contribution in [-0.2, 0) is 9.59 Å². The smallest absolute Gasteiger partial charge is 0.347 e. The number of esters is 2. The molecule has 19 heteroatoms. The van der Waals surface area contributed by atoms with Gasteiger partial charge in [0.2, 0.25) is 0 Å². The number of rotatable bonds is 11. The molecule has 0 unspecified atom stereocenters. The highest BCUT2D eigenvalue weighted by Crippen LogP contribution is 2.28. The standard InChI is InChI=1S/C14H10O5.C13H8F2O3.C9H9NO4.C9H8O4/c15-11-7-3-1-5-9(11)14(18)19-12-8-4-2-6-10(12)13(16)17;14-8-2-3-9(11(15)6-8)7-1-4-12(16)10(5-7)13(17)18;10-9(13)6-3-1-2-4-7(6)14-5-8(11)12;1-6(10)13-8-5-3-2-4-7(8)9(11)12/h1-8,15H,(H,16,17);1-6,16H,(H,17,18);1-4H,5H2,(H2,10,13)(H,11,12);2-5H,1H3,(H,11,12).